The third-order valence-electron chi connectivity index (χ3n) is 4.44. The molecule has 0 atom stereocenters. The number of carbonyl (C=O) groups is 1. The Kier molecular flexibility index (Phi) is 5.47. The molecule has 0 aliphatic carbocycles. The van der Waals surface area contributed by atoms with E-state index in [1.165, 1.54) is 12.3 Å². The molecule has 11 heteroatoms. The molecule has 0 fully saturated rings. The van der Waals surface area contributed by atoms with Crippen molar-refractivity contribution in [3.8, 4) is 23.0 Å². The van der Waals surface area contributed by atoms with Crippen molar-refractivity contribution < 1.29 is 23.8 Å². The van der Waals surface area contributed by atoms with Crippen LogP contribution in [0.3, 0.4) is 0 Å². The van der Waals surface area contributed by atoms with Gasteiger partial charge in [-0.05, 0) is 53.1 Å². The summed E-state index contributed by atoms with van der Waals surface area (Å²) in [5.74, 6) is 0.602. The van der Waals surface area contributed by atoms with Crippen LogP contribution in [0.2, 0.25) is 0 Å². The van der Waals surface area contributed by atoms with Gasteiger partial charge in [0.15, 0.2) is 29.1 Å². The third kappa shape index (κ3) is 4.15. The fourth-order valence-corrected chi connectivity index (χ4v) is 3.08. The number of aromatic amines is 1. The van der Waals surface area contributed by atoms with Crippen LogP contribution in [0.1, 0.15) is 12.5 Å². The summed E-state index contributed by atoms with van der Waals surface area (Å²) in [6.45, 7) is 2.18. The molecule has 0 spiro atoms. The fraction of sp³-hybridized carbons (Fsp3) is 0.150. The van der Waals surface area contributed by atoms with E-state index in [0.29, 0.717) is 29.4 Å². The highest BCUT2D eigenvalue weighted by molar-refractivity contribution is 5.83. The van der Waals surface area contributed by atoms with Crippen molar-refractivity contribution >= 4 is 29.0 Å². The molecule has 0 saturated heterocycles. The summed E-state index contributed by atoms with van der Waals surface area (Å²) < 4.78 is 11.7. The predicted molar refractivity (Wildman–Crippen MR) is 111 cm³/mol. The van der Waals surface area contributed by atoms with Gasteiger partial charge in [0.2, 0.25) is 11.5 Å². The van der Waals surface area contributed by atoms with E-state index in [9.17, 15) is 9.90 Å². The standard InChI is InChI=1S/C20H19N7O4/c1-2-30-16-9-12(7-8-15(16)28)10-22-24-17(29)11-27-14-6-4-3-5-13(14)23-20(27)18-19(21)26-31-25-18/h3-10H,2,11H2,1H3,(H4,21,22,23,24,25,26,28,29)/p+1. The van der Waals surface area contributed by atoms with E-state index in [1.54, 1.807) is 16.7 Å². The first kappa shape index (κ1) is 19.9. The van der Waals surface area contributed by atoms with Gasteiger partial charge < -0.3 is 15.6 Å². The number of amides is 1. The minimum absolute atomic E-state index is 0.0351. The monoisotopic (exact) mass is 422 g/mol. The van der Waals surface area contributed by atoms with Gasteiger partial charge in [-0.15, -0.1) is 0 Å². The number of nitrogens with zero attached hydrogens (tertiary/aromatic N) is 4. The van der Waals surface area contributed by atoms with E-state index in [4.69, 9.17) is 15.1 Å². The Hall–Kier alpha value is -4.41. The summed E-state index contributed by atoms with van der Waals surface area (Å²) in [5.41, 5.74) is 10.9. The molecule has 0 saturated carbocycles. The van der Waals surface area contributed by atoms with Crippen molar-refractivity contribution in [1.29, 1.82) is 0 Å². The summed E-state index contributed by atoms with van der Waals surface area (Å²) >= 11 is 0. The van der Waals surface area contributed by atoms with Gasteiger partial charge in [0.05, 0.1) is 12.8 Å². The second-order valence-electron chi connectivity index (χ2n) is 6.53. The Morgan fingerprint density at radius 3 is 2.97 bits per heavy atom. The van der Waals surface area contributed by atoms with Crippen LogP contribution >= 0.6 is 0 Å². The highest BCUT2D eigenvalue weighted by Gasteiger charge is 2.27. The van der Waals surface area contributed by atoms with Gasteiger partial charge in [0.1, 0.15) is 0 Å². The number of para-hydroxylation sites is 2. The highest BCUT2D eigenvalue weighted by Crippen LogP contribution is 2.26. The number of carbonyl (C=O) groups excluding carboxylic acids is 1. The predicted octanol–water partition coefficient (Wildman–Crippen LogP) is 1.34. The fourth-order valence-electron chi connectivity index (χ4n) is 3.08. The molecule has 5 N–H and O–H groups in total. The van der Waals surface area contributed by atoms with E-state index in [-0.39, 0.29) is 24.0 Å². The lowest BCUT2D eigenvalue weighted by Gasteiger charge is -2.06. The van der Waals surface area contributed by atoms with Gasteiger partial charge in [0, 0.05) is 0 Å². The topological polar surface area (TPSA) is 156 Å². The molecule has 0 radical (unpaired) electrons. The number of benzene rings is 2. The smallest absolute Gasteiger partial charge is 0.314 e. The molecule has 0 unspecified atom stereocenters. The average molecular weight is 422 g/mol. The Bertz CT molecular complexity index is 1260. The molecule has 2 aromatic carbocycles. The van der Waals surface area contributed by atoms with Gasteiger partial charge in [-0.2, -0.15) is 5.10 Å². The van der Waals surface area contributed by atoms with E-state index in [1.807, 2.05) is 31.2 Å². The summed E-state index contributed by atoms with van der Waals surface area (Å²) in [7, 11) is 0. The zero-order chi connectivity index (χ0) is 21.8. The first-order chi connectivity index (χ1) is 15.1. The van der Waals surface area contributed by atoms with Gasteiger partial charge in [-0.3, -0.25) is 4.79 Å². The van der Waals surface area contributed by atoms with Crippen LogP contribution in [0.25, 0.3) is 22.6 Å². The second kappa shape index (κ2) is 8.53. The van der Waals surface area contributed by atoms with Crippen LogP contribution in [-0.2, 0) is 11.3 Å². The van der Waals surface area contributed by atoms with Crippen LogP contribution < -0.4 is 20.5 Å². The number of anilines is 1. The minimum Gasteiger partial charge on any atom is -0.504 e. The largest absolute Gasteiger partial charge is 0.504 e. The third-order valence-corrected chi connectivity index (χ3v) is 4.44. The van der Waals surface area contributed by atoms with Gasteiger partial charge in [0.25, 0.3) is 5.91 Å². The number of aromatic hydroxyl groups is 1. The Morgan fingerprint density at radius 1 is 1.35 bits per heavy atom. The molecule has 11 nitrogen and oxygen atoms in total. The van der Waals surface area contributed by atoms with Gasteiger partial charge >= 0.3 is 5.82 Å². The van der Waals surface area contributed by atoms with E-state index in [0.717, 1.165) is 11.0 Å². The molecule has 31 heavy (non-hydrogen) atoms. The number of H-pyrrole nitrogens is 1. The summed E-state index contributed by atoms with van der Waals surface area (Å²) in [5, 5.41) is 21.2. The lowest BCUT2D eigenvalue weighted by Crippen LogP contribution is -2.42. The number of rotatable bonds is 7. The van der Waals surface area contributed by atoms with Crippen molar-refractivity contribution in [3.63, 3.8) is 0 Å². The Morgan fingerprint density at radius 2 is 2.19 bits per heavy atom. The van der Waals surface area contributed by atoms with E-state index in [2.05, 4.69) is 25.8 Å². The summed E-state index contributed by atoms with van der Waals surface area (Å²) in [4.78, 5) is 15.7. The number of aromatic nitrogens is 4. The van der Waals surface area contributed by atoms with Crippen molar-refractivity contribution in [3.05, 3.63) is 48.0 Å². The number of nitrogen functional groups attached to an aromatic ring is 1. The van der Waals surface area contributed by atoms with Gasteiger partial charge in [-0.25, -0.2) is 19.6 Å². The summed E-state index contributed by atoms with van der Waals surface area (Å²) in [6, 6.07) is 12.2. The number of ether oxygens (including phenoxy) is 1. The van der Waals surface area contributed by atoms with Crippen molar-refractivity contribution in [2.24, 2.45) is 5.10 Å². The lowest BCUT2D eigenvalue weighted by atomic mass is 10.2. The summed E-state index contributed by atoms with van der Waals surface area (Å²) in [6.07, 6.45) is 1.46. The van der Waals surface area contributed by atoms with Crippen LogP contribution in [0.15, 0.2) is 52.2 Å². The number of nitrogens with one attached hydrogen (secondary N) is 2. The maximum Gasteiger partial charge on any atom is 0.314 e. The first-order valence-electron chi connectivity index (χ1n) is 9.43. The van der Waals surface area contributed by atoms with Crippen LogP contribution in [0, 0.1) is 0 Å². The van der Waals surface area contributed by atoms with Gasteiger partial charge in [-0.1, -0.05) is 12.1 Å². The number of nitrogens with two attached hydrogens (primary N) is 1. The average Bonchev–Trinajstić information content (AvgIpc) is 3.34. The zero-order valence-corrected chi connectivity index (χ0v) is 16.6. The minimum atomic E-state index is -0.369. The number of phenols is 1. The first-order valence-corrected chi connectivity index (χ1v) is 9.43. The van der Waals surface area contributed by atoms with E-state index < -0.39 is 0 Å². The Balaban J connectivity index is 1.53. The molecule has 4 rings (SSSR count). The number of hydrogen-bond donors (Lipinski definition) is 4. The molecule has 2 aromatic heterocycles. The molecule has 0 aliphatic rings. The lowest BCUT2D eigenvalue weighted by molar-refractivity contribution is -0.647. The van der Waals surface area contributed by atoms with Crippen LogP contribution in [0.5, 0.6) is 11.5 Å². The maximum absolute atomic E-state index is 12.6. The molecular formula is C20H20N7O4+. The molecule has 4 aromatic rings. The molecule has 1 amide bonds. The quantitative estimate of drug-likeness (QED) is 0.199. The molecule has 2 heterocycles. The van der Waals surface area contributed by atoms with Crippen LogP contribution in [-0.4, -0.2) is 39.1 Å². The highest BCUT2D eigenvalue weighted by atomic mass is 16.6. The SMILES string of the molecule is CCOc1cc(/C=N/NC(=O)C[n+]2c(-c3nonc3N)[nH]c3ccccc32)ccc1O. The number of hydrazone groups is 1. The van der Waals surface area contributed by atoms with Crippen LogP contribution in [0.4, 0.5) is 5.82 Å². The second-order valence-corrected chi connectivity index (χ2v) is 6.53. The zero-order valence-electron chi connectivity index (χ0n) is 16.6. The molecule has 0 aliphatic heterocycles. The van der Waals surface area contributed by atoms with Crippen molar-refractivity contribution in [1.82, 2.24) is 20.7 Å². The van der Waals surface area contributed by atoms with Crippen molar-refractivity contribution in [2.75, 3.05) is 12.3 Å². The number of phenolic OH excluding ortho intramolecular Hbond substituents is 1. The normalized spacial score (nSPS) is 11.3. The molecular weight excluding hydrogens is 402 g/mol. The number of hydrogen-bond acceptors (Lipinski definition) is 8. The maximum atomic E-state index is 12.6. The number of fused-ring (bicyclic) bond motifs is 1. The van der Waals surface area contributed by atoms with E-state index >= 15 is 0 Å². The number of imidazole rings is 1. The molecule has 158 valence electrons. The van der Waals surface area contributed by atoms with Crippen molar-refractivity contribution in [2.45, 2.75) is 13.5 Å². The molecule has 0 bridgehead atoms. The Labute approximate surface area is 176 Å².